The monoisotopic (exact) mass is 449 g/mol. The average Bonchev–Trinajstić information content (AvgIpc) is 3.44. The molecule has 2 N–H and O–H groups in total. The highest BCUT2D eigenvalue weighted by atomic mass is 32.2. The summed E-state index contributed by atoms with van der Waals surface area (Å²) in [6, 6.07) is 3.97. The second kappa shape index (κ2) is 7.04. The number of aromatic nitrogens is 6. The van der Waals surface area contributed by atoms with Gasteiger partial charge in [0.2, 0.25) is 9.99 Å². The summed E-state index contributed by atoms with van der Waals surface area (Å²) in [7, 11) is 1.90. The molecule has 0 amide bonds. The van der Waals surface area contributed by atoms with E-state index in [-0.39, 0.29) is 5.25 Å². The van der Waals surface area contributed by atoms with E-state index in [0.29, 0.717) is 11.5 Å². The van der Waals surface area contributed by atoms with Gasteiger partial charge in [-0.3, -0.25) is 9.08 Å². The van der Waals surface area contributed by atoms with Crippen molar-refractivity contribution in [2.45, 2.75) is 28.7 Å². The fraction of sp³-hybridized carbons (Fsp3) is 0.238. The SMILES string of the molecule is Cn1nccc1-c1cc(-c2cnc3nccn3c2)nc2sc([S+]([O-])C3CCC3)c(N)c12. The molecular weight excluding hydrogens is 430 g/mol. The van der Waals surface area contributed by atoms with Crippen molar-refractivity contribution in [1.29, 1.82) is 0 Å². The largest absolute Gasteiger partial charge is 0.611 e. The van der Waals surface area contributed by atoms with Gasteiger partial charge >= 0.3 is 0 Å². The summed E-state index contributed by atoms with van der Waals surface area (Å²) in [5.74, 6) is 0.634. The van der Waals surface area contributed by atoms with Gasteiger partial charge in [0.25, 0.3) is 0 Å². The van der Waals surface area contributed by atoms with Gasteiger partial charge in [-0.2, -0.15) is 5.10 Å². The van der Waals surface area contributed by atoms with Crippen LogP contribution in [0.1, 0.15) is 19.3 Å². The lowest BCUT2D eigenvalue weighted by atomic mass is 10.0. The molecule has 156 valence electrons. The lowest BCUT2D eigenvalue weighted by molar-refractivity contribution is 0.478. The zero-order valence-corrected chi connectivity index (χ0v) is 18.4. The number of hydrogen-bond acceptors (Lipinski definition) is 7. The van der Waals surface area contributed by atoms with Gasteiger partial charge in [0.15, 0.2) is 0 Å². The summed E-state index contributed by atoms with van der Waals surface area (Å²) in [6.07, 6.45) is 12.2. The minimum Gasteiger partial charge on any atom is -0.611 e. The lowest BCUT2D eigenvalue weighted by Crippen LogP contribution is -2.28. The summed E-state index contributed by atoms with van der Waals surface area (Å²) in [4.78, 5) is 14.3. The van der Waals surface area contributed by atoms with Crippen LogP contribution in [0.25, 0.3) is 38.5 Å². The molecule has 1 saturated carbocycles. The van der Waals surface area contributed by atoms with Gasteiger partial charge in [-0.05, 0) is 31.4 Å². The van der Waals surface area contributed by atoms with Crippen LogP contribution in [-0.2, 0) is 18.2 Å². The van der Waals surface area contributed by atoms with Crippen molar-refractivity contribution >= 4 is 44.2 Å². The van der Waals surface area contributed by atoms with E-state index in [4.69, 9.17) is 10.7 Å². The molecule has 6 rings (SSSR count). The molecule has 5 aromatic rings. The Morgan fingerprint density at radius 1 is 1.26 bits per heavy atom. The number of fused-ring (bicyclic) bond motifs is 2. The predicted molar refractivity (Wildman–Crippen MR) is 122 cm³/mol. The Bertz CT molecular complexity index is 1430. The van der Waals surface area contributed by atoms with Crippen molar-refractivity contribution in [3.05, 3.63) is 43.1 Å². The van der Waals surface area contributed by atoms with Gasteiger partial charge in [0.1, 0.15) is 15.8 Å². The van der Waals surface area contributed by atoms with Gasteiger partial charge in [-0.15, -0.1) is 0 Å². The minimum atomic E-state index is -1.10. The van der Waals surface area contributed by atoms with Crippen molar-refractivity contribution in [3.8, 4) is 22.5 Å². The second-order valence-electron chi connectivity index (χ2n) is 7.71. The Hall–Kier alpha value is -2.95. The number of aryl methyl sites for hydroxylation is 1. The van der Waals surface area contributed by atoms with Gasteiger partial charge < -0.3 is 10.3 Å². The maximum absolute atomic E-state index is 13.1. The summed E-state index contributed by atoms with van der Waals surface area (Å²) in [5.41, 5.74) is 10.6. The van der Waals surface area contributed by atoms with Gasteiger partial charge in [0.05, 0.1) is 11.4 Å². The van der Waals surface area contributed by atoms with Crippen molar-refractivity contribution < 1.29 is 4.55 Å². The van der Waals surface area contributed by atoms with Crippen molar-refractivity contribution in [2.24, 2.45) is 7.05 Å². The zero-order chi connectivity index (χ0) is 21.1. The van der Waals surface area contributed by atoms with Crippen LogP contribution in [0.5, 0.6) is 0 Å². The molecule has 5 heterocycles. The number of thiophene rings is 1. The molecule has 31 heavy (non-hydrogen) atoms. The van der Waals surface area contributed by atoms with E-state index in [2.05, 4.69) is 15.1 Å². The highest BCUT2D eigenvalue weighted by molar-refractivity contribution is 7.94. The van der Waals surface area contributed by atoms with E-state index >= 15 is 0 Å². The van der Waals surface area contributed by atoms with Gasteiger partial charge in [-0.1, -0.05) is 11.3 Å². The standard InChI is InChI=1S/C21H19N7OS2/c1-27-16(5-6-25-27)14-9-15(12-10-24-21-23-7-8-28(21)11-12)26-19-17(14)18(22)20(30-19)31(29)13-3-2-4-13/h5-11,13H,2-4,22H2,1H3. The molecular formula is C21H19N7OS2. The number of rotatable bonds is 4. The van der Waals surface area contributed by atoms with Crippen LogP contribution in [0.3, 0.4) is 0 Å². The van der Waals surface area contributed by atoms with Crippen molar-refractivity contribution in [2.75, 3.05) is 5.73 Å². The third kappa shape index (κ3) is 2.93. The first kappa shape index (κ1) is 18.8. The van der Waals surface area contributed by atoms with Crippen LogP contribution in [-0.4, -0.2) is 38.9 Å². The molecule has 5 aromatic heterocycles. The lowest BCUT2D eigenvalue weighted by Gasteiger charge is -2.27. The maximum atomic E-state index is 13.1. The molecule has 0 spiro atoms. The third-order valence-corrected chi connectivity index (χ3v) is 9.14. The molecule has 1 aliphatic carbocycles. The Kier molecular flexibility index (Phi) is 4.27. The molecule has 1 fully saturated rings. The van der Waals surface area contributed by atoms with Crippen molar-refractivity contribution in [1.82, 2.24) is 29.1 Å². The molecule has 1 unspecified atom stereocenters. The van der Waals surface area contributed by atoms with Crippen LogP contribution in [0, 0.1) is 0 Å². The Morgan fingerprint density at radius 3 is 2.87 bits per heavy atom. The van der Waals surface area contributed by atoms with Gasteiger partial charge in [-0.25, -0.2) is 15.0 Å². The zero-order valence-electron chi connectivity index (χ0n) is 16.7. The number of anilines is 1. The van der Waals surface area contributed by atoms with Crippen LogP contribution in [0.4, 0.5) is 5.69 Å². The summed E-state index contributed by atoms with van der Waals surface area (Å²) in [5, 5.41) is 5.37. The number of imidazole rings is 1. The quantitative estimate of drug-likeness (QED) is 0.419. The molecule has 1 aliphatic rings. The van der Waals surface area contributed by atoms with E-state index in [9.17, 15) is 4.55 Å². The van der Waals surface area contributed by atoms with E-state index in [0.717, 1.165) is 56.2 Å². The minimum absolute atomic E-state index is 0.197. The van der Waals surface area contributed by atoms with Crippen LogP contribution in [0.2, 0.25) is 0 Å². The number of nitrogens with zero attached hydrogens (tertiary/aromatic N) is 6. The molecule has 0 aliphatic heterocycles. The Balaban J connectivity index is 1.59. The molecule has 8 nitrogen and oxygen atoms in total. The fourth-order valence-electron chi connectivity index (χ4n) is 3.92. The molecule has 0 aromatic carbocycles. The van der Waals surface area contributed by atoms with Crippen LogP contribution in [0.15, 0.2) is 47.3 Å². The highest BCUT2D eigenvalue weighted by Crippen LogP contribution is 2.45. The van der Waals surface area contributed by atoms with Crippen molar-refractivity contribution in [3.63, 3.8) is 0 Å². The fourth-order valence-corrected chi connectivity index (χ4v) is 7.13. The molecule has 1 atom stereocenters. The van der Waals surface area contributed by atoms with Crippen LogP contribution < -0.4 is 5.73 Å². The second-order valence-corrected chi connectivity index (χ2v) is 10.6. The van der Waals surface area contributed by atoms with E-state index < -0.39 is 11.2 Å². The topological polar surface area (TPSA) is 110 Å². The smallest absolute Gasteiger partial charge is 0.233 e. The summed E-state index contributed by atoms with van der Waals surface area (Å²) >= 11 is 0.332. The highest BCUT2D eigenvalue weighted by Gasteiger charge is 2.35. The van der Waals surface area contributed by atoms with Gasteiger partial charge in [0, 0.05) is 65.7 Å². The van der Waals surface area contributed by atoms with E-state index in [1.165, 1.54) is 11.3 Å². The maximum Gasteiger partial charge on any atom is 0.233 e. The van der Waals surface area contributed by atoms with E-state index in [1.807, 2.05) is 40.7 Å². The Labute approximate surface area is 185 Å². The normalized spacial score (nSPS) is 15.5. The molecule has 10 heteroatoms. The molecule has 0 bridgehead atoms. The van der Waals surface area contributed by atoms with Crippen LogP contribution >= 0.6 is 11.3 Å². The average molecular weight is 450 g/mol. The number of nitrogen functional groups attached to an aromatic ring is 1. The predicted octanol–water partition coefficient (Wildman–Crippen LogP) is 3.65. The third-order valence-electron chi connectivity index (χ3n) is 5.84. The molecule has 0 radical (unpaired) electrons. The number of hydrogen-bond donors (Lipinski definition) is 1. The molecule has 0 saturated heterocycles. The summed E-state index contributed by atoms with van der Waals surface area (Å²) < 4.78 is 17.5. The number of nitrogens with two attached hydrogens (primary N) is 1. The Morgan fingerprint density at radius 2 is 2.13 bits per heavy atom. The number of pyridine rings is 1. The first-order valence-corrected chi connectivity index (χ1v) is 12.0. The van der Waals surface area contributed by atoms with E-state index in [1.54, 1.807) is 18.6 Å². The summed E-state index contributed by atoms with van der Waals surface area (Å²) in [6.45, 7) is 0. The first-order chi connectivity index (χ1) is 15.1. The first-order valence-electron chi connectivity index (χ1n) is 10.0.